The third kappa shape index (κ3) is 4.01. The average molecular weight is 469 g/mol. The summed E-state index contributed by atoms with van der Waals surface area (Å²) in [4.78, 5) is 31.5. The fraction of sp³-hybridized carbons (Fsp3) is 0.208. The minimum Gasteiger partial charge on any atom is -0.496 e. The van der Waals surface area contributed by atoms with E-state index in [2.05, 4.69) is 4.99 Å². The lowest BCUT2D eigenvalue weighted by Crippen LogP contribution is -2.39. The minimum atomic E-state index is -0.664. The molecule has 0 unspecified atom stereocenters. The normalized spacial score (nSPS) is 15.9. The largest absolute Gasteiger partial charge is 0.496 e. The molecule has 32 heavy (non-hydrogen) atoms. The number of halogens is 1. The average Bonchev–Trinajstić information content (AvgIpc) is 3.08. The Kier molecular flexibility index (Phi) is 6.30. The Morgan fingerprint density at radius 2 is 1.94 bits per heavy atom. The van der Waals surface area contributed by atoms with E-state index in [0.717, 1.165) is 11.1 Å². The van der Waals surface area contributed by atoms with E-state index in [-0.39, 0.29) is 12.2 Å². The van der Waals surface area contributed by atoms with Crippen molar-refractivity contribution in [2.24, 2.45) is 4.99 Å². The van der Waals surface area contributed by atoms with Crippen molar-refractivity contribution in [2.75, 3.05) is 13.7 Å². The van der Waals surface area contributed by atoms with Crippen molar-refractivity contribution in [1.82, 2.24) is 4.57 Å². The van der Waals surface area contributed by atoms with Crippen molar-refractivity contribution in [2.45, 2.75) is 19.9 Å². The van der Waals surface area contributed by atoms with Crippen molar-refractivity contribution in [1.29, 1.82) is 0 Å². The molecule has 0 spiro atoms. The highest BCUT2D eigenvalue weighted by molar-refractivity contribution is 7.07. The van der Waals surface area contributed by atoms with E-state index < -0.39 is 12.0 Å². The fourth-order valence-electron chi connectivity index (χ4n) is 3.68. The Bertz CT molecular complexity index is 1390. The summed E-state index contributed by atoms with van der Waals surface area (Å²) in [6.45, 7) is 3.72. The van der Waals surface area contributed by atoms with Crippen LogP contribution >= 0.6 is 22.9 Å². The highest BCUT2D eigenvalue weighted by Gasteiger charge is 2.33. The standard InChI is InChI=1S/C24H21ClN2O4S/c1-4-31-23(29)20-14(2)26-24-27(21(20)15-9-11-17(25)12-10-15)22(28)19(32-24)13-16-7-5-6-8-18(16)30-3/h5-13,21H,4H2,1-3H3/b19-13-/t21-/m0/s1. The minimum absolute atomic E-state index is 0.223. The molecule has 1 atom stereocenters. The molecule has 4 rings (SSSR count). The van der Waals surface area contributed by atoms with E-state index in [1.807, 2.05) is 36.4 Å². The molecule has 0 aliphatic carbocycles. The van der Waals surface area contributed by atoms with Crippen LogP contribution in [0.25, 0.3) is 6.08 Å². The molecular formula is C24H21ClN2O4S. The molecule has 0 amide bonds. The van der Waals surface area contributed by atoms with Crippen LogP contribution < -0.4 is 19.6 Å². The number of ether oxygens (including phenoxy) is 2. The summed E-state index contributed by atoms with van der Waals surface area (Å²) >= 11 is 7.35. The number of benzene rings is 2. The topological polar surface area (TPSA) is 69.9 Å². The highest BCUT2D eigenvalue weighted by Crippen LogP contribution is 2.31. The molecule has 0 bridgehead atoms. The highest BCUT2D eigenvalue weighted by atomic mass is 35.5. The molecule has 0 saturated heterocycles. The number of fused-ring (bicyclic) bond motifs is 1. The summed E-state index contributed by atoms with van der Waals surface area (Å²) in [6, 6.07) is 13.9. The summed E-state index contributed by atoms with van der Waals surface area (Å²) in [5.41, 5.74) is 2.15. The fourth-order valence-corrected chi connectivity index (χ4v) is 4.84. The number of aromatic nitrogens is 1. The number of esters is 1. The van der Waals surface area contributed by atoms with Crippen molar-refractivity contribution < 1.29 is 14.3 Å². The Morgan fingerprint density at radius 1 is 1.22 bits per heavy atom. The van der Waals surface area contributed by atoms with Crippen molar-refractivity contribution in [3.63, 3.8) is 0 Å². The molecule has 0 N–H and O–H groups in total. The van der Waals surface area contributed by atoms with Crippen molar-refractivity contribution >= 4 is 35.0 Å². The molecule has 1 aromatic heterocycles. The van der Waals surface area contributed by atoms with Crippen LogP contribution in [-0.4, -0.2) is 24.3 Å². The molecule has 1 aliphatic rings. The second kappa shape index (κ2) is 9.14. The van der Waals surface area contributed by atoms with Gasteiger partial charge in [0.1, 0.15) is 5.75 Å². The lowest BCUT2D eigenvalue weighted by molar-refractivity contribution is -0.139. The molecule has 0 radical (unpaired) electrons. The summed E-state index contributed by atoms with van der Waals surface area (Å²) in [5.74, 6) is 0.170. The number of allylic oxidation sites excluding steroid dienone is 1. The van der Waals surface area contributed by atoms with Crippen LogP contribution in [0.1, 0.15) is 31.0 Å². The first-order valence-corrected chi connectivity index (χ1v) is 11.2. The lowest BCUT2D eigenvalue weighted by atomic mass is 9.96. The van der Waals surface area contributed by atoms with E-state index in [1.165, 1.54) is 11.3 Å². The summed E-state index contributed by atoms with van der Waals surface area (Å²) in [6.07, 6.45) is 1.78. The van der Waals surface area contributed by atoms with Crippen LogP contribution in [0.2, 0.25) is 5.02 Å². The van der Waals surface area contributed by atoms with Crippen LogP contribution in [0.3, 0.4) is 0 Å². The summed E-state index contributed by atoms with van der Waals surface area (Å²) in [5, 5.41) is 0.565. The first kappa shape index (κ1) is 22.0. The lowest BCUT2D eigenvalue weighted by Gasteiger charge is -2.24. The predicted molar refractivity (Wildman–Crippen MR) is 125 cm³/mol. The van der Waals surface area contributed by atoms with Gasteiger partial charge in [-0.3, -0.25) is 9.36 Å². The molecular weight excluding hydrogens is 448 g/mol. The molecule has 0 saturated carbocycles. The van der Waals surface area contributed by atoms with Gasteiger partial charge in [0, 0.05) is 10.6 Å². The Balaban J connectivity index is 1.97. The maximum Gasteiger partial charge on any atom is 0.338 e. The molecule has 2 aromatic carbocycles. The number of thiazole rings is 1. The van der Waals surface area contributed by atoms with Crippen LogP contribution in [-0.2, 0) is 9.53 Å². The number of rotatable bonds is 5. The Morgan fingerprint density at radius 3 is 2.62 bits per heavy atom. The first-order chi connectivity index (χ1) is 15.4. The van der Waals surface area contributed by atoms with Gasteiger partial charge in [-0.25, -0.2) is 9.79 Å². The Hall–Kier alpha value is -3.16. The zero-order chi connectivity index (χ0) is 22.8. The van der Waals surface area contributed by atoms with Gasteiger partial charge in [0.15, 0.2) is 4.80 Å². The van der Waals surface area contributed by atoms with Gasteiger partial charge < -0.3 is 9.47 Å². The van der Waals surface area contributed by atoms with Crippen LogP contribution in [0.15, 0.2) is 69.6 Å². The number of carbonyl (C=O) groups is 1. The molecule has 0 fully saturated rings. The van der Waals surface area contributed by atoms with Gasteiger partial charge in [0.05, 0.1) is 35.6 Å². The van der Waals surface area contributed by atoms with Gasteiger partial charge in [-0.1, -0.05) is 53.3 Å². The van der Waals surface area contributed by atoms with Crippen molar-refractivity contribution in [3.05, 3.63) is 95.6 Å². The third-order valence-corrected chi connectivity index (χ3v) is 6.36. The predicted octanol–water partition coefficient (Wildman–Crippen LogP) is 3.46. The number of nitrogens with zero attached hydrogens (tertiary/aromatic N) is 2. The molecule has 8 heteroatoms. The van der Waals surface area contributed by atoms with Gasteiger partial charge in [-0.05, 0) is 43.7 Å². The number of carbonyl (C=O) groups excluding carboxylic acids is 1. The van der Waals surface area contributed by atoms with Gasteiger partial charge in [0.25, 0.3) is 5.56 Å². The Labute approximate surface area is 193 Å². The number of hydrogen-bond acceptors (Lipinski definition) is 6. The number of hydrogen-bond donors (Lipinski definition) is 0. The maximum absolute atomic E-state index is 13.5. The van der Waals surface area contributed by atoms with Gasteiger partial charge in [-0.15, -0.1) is 0 Å². The third-order valence-electron chi connectivity index (χ3n) is 5.13. The van der Waals surface area contributed by atoms with Crippen LogP contribution in [0.5, 0.6) is 5.75 Å². The van der Waals surface area contributed by atoms with E-state index in [9.17, 15) is 9.59 Å². The number of para-hydroxylation sites is 1. The zero-order valence-electron chi connectivity index (χ0n) is 17.8. The molecule has 1 aliphatic heterocycles. The molecule has 164 valence electrons. The van der Waals surface area contributed by atoms with Gasteiger partial charge in [0.2, 0.25) is 0 Å². The monoisotopic (exact) mass is 468 g/mol. The van der Waals surface area contributed by atoms with Gasteiger partial charge >= 0.3 is 5.97 Å². The van der Waals surface area contributed by atoms with Crippen LogP contribution in [0.4, 0.5) is 0 Å². The van der Waals surface area contributed by atoms with E-state index in [1.54, 1.807) is 43.7 Å². The zero-order valence-corrected chi connectivity index (χ0v) is 19.4. The molecule has 2 heterocycles. The summed E-state index contributed by atoms with van der Waals surface area (Å²) in [7, 11) is 1.59. The van der Waals surface area contributed by atoms with E-state index in [4.69, 9.17) is 21.1 Å². The van der Waals surface area contributed by atoms with E-state index >= 15 is 0 Å². The van der Waals surface area contributed by atoms with Gasteiger partial charge in [-0.2, -0.15) is 0 Å². The van der Waals surface area contributed by atoms with Crippen LogP contribution in [0, 0.1) is 0 Å². The quantitative estimate of drug-likeness (QED) is 0.538. The first-order valence-electron chi connectivity index (χ1n) is 10.0. The second-order valence-corrected chi connectivity index (χ2v) is 8.54. The smallest absolute Gasteiger partial charge is 0.338 e. The molecule has 3 aromatic rings. The second-order valence-electron chi connectivity index (χ2n) is 7.10. The van der Waals surface area contributed by atoms with Crippen molar-refractivity contribution in [3.8, 4) is 5.75 Å². The summed E-state index contributed by atoms with van der Waals surface area (Å²) < 4.78 is 12.7. The number of methoxy groups -OCH3 is 1. The van der Waals surface area contributed by atoms with E-state index in [0.29, 0.717) is 31.4 Å². The molecule has 6 nitrogen and oxygen atoms in total. The maximum atomic E-state index is 13.5. The SMILES string of the molecule is CCOC(=O)C1=C(C)N=c2s/c(=C\c3ccccc3OC)c(=O)n2[C@H]1c1ccc(Cl)cc1.